The molecule has 0 saturated heterocycles. The Morgan fingerprint density at radius 1 is 0.725 bits per heavy atom. The molecule has 2 aromatic rings. The first-order valence-corrected chi connectivity index (χ1v) is 14.5. The van der Waals surface area contributed by atoms with Gasteiger partial charge in [-0.1, -0.05) is 48.5 Å². The standard InChI is InChI=1S/C33H40O7/c1-21(25-13-9-23(10-14-25)17-27-5-3-7-30(27)35)32(37)39-19-29(34)20-40-33(38)22(2)26-15-11-24(12-16-26)18-28-6-4-8-31(28)36/h9-16,21-22,27-29,34H,3-8,17-20H2,1-2H3. The lowest BCUT2D eigenvalue weighted by molar-refractivity contribution is -0.153. The summed E-state index contributed by atoms with van der Waals surface area (Å²) >= 11 is 0. The number of hydrogen-bond acceptors (Lipinski definition) is 7. The minimum absolute atomic E-state index is 0.103. The maximum atomic E-state index is 12.5. The third-order valence-corrected chi connectivity index (χ3v) is 8.33. The van der Waals surface area contributed by atoms with Crippen molar-refractivity contribution in [3.05, 3.63) is 70.8 Å². The van der Waals surface area contributed by atoms with Gasteiger partial charge in [-0.05, 0) is 74.6 Å². The Hall–Kier alpha value is -3.32. The molecule has 1 N–H and O–H groups in total. The summed E-state index contributed by atoms with van der Waals surface area (Å²) < 4.78 is 10.6. The molecule has 0 bridgehead atoms. The molecule has 4 rings (SSSR count). The van der Waals surface area contributed by atoms with Crippen LogP contribution in [0.2, 0.25) is 0 Å². The van der Waals surface area contributed by atoms with Crippen LogP contribution in [0.4, 0.5) is 0 Å². The zero-order valence-electron chi connectivity index (χ0n) is 23.5. The SMILES string of the molecule is CC(C(=O)OCC(O)COC(=O)C(C)c1ccc(CC2CCCC2=O)cc1)c1ccc(CC2CCCC2=O)cc1. The van der Waals surface area contributed by atoms with Crippen LogP contribution in [0.1, 0.15) is 86.5 Å². The second-order valence-corrected chi connectivity index (χ2v) is 11.4. The van der Waals surface area contributed by atoms with Crippen LogP contribution in [0, 0.1) is 11.8 Å². The maximum Gasteiger partial charge on any atom is 0.313 e. The lowest BCUT2D eigenvalue weighted by Crippen LogP contribution is -2.27. The predicted octanol–water partition coefficient (Wildman–Crippen LogP) is 4.86. The van der Waals surface area contributed by atoms with E-state index < -0.39 is 29.9 Å². The maximum absolute atomic E-state index is 12.5. The topological polar surface area (TPSA) is 107 Å². The molecule has 2 aromatic carbocycles. The van der Waals surface area contributed by atoms with Crippen molar-refractivity contribution >= 4 is 23.5 Å². The van der Waals surface area contributed by atoms with E-state index in [1.807, 2.05) is 48.5 Å². The molecule has 7 nitrogen and oxygen atoms in total. The Morgan fingerprint density at radius 2 is 1.10 bits per heavy atom. The van der Waals surface area contributed by atoms with E-state index in [-0.39, 0.29) is 25.0 Å². The van der Waals surface area contributed by atoms with Crippen LogP contribution in [-0.2, 0) is 41.5 Å². The average molecular weight is 549 g/mol. The van der Waals surface area contributed by atoms with Crippen molar-refractivity contribution in [2.24, 2.45) is 11.8 Å². The van der Waals surface area contributed by atoms with E-state index in [2.05, 4.69) is 0 Å². The van der Waals surface area contributed by atoms with E-state index in [1.165, 1.54) is 0 Å². The van der Waals surface area contributed by atoms with Gasteiger partial charge < -0.3 is 14.6 Å². The quantitative estimate of drug-likeness (QED) is 0.377. The number of aliphatic hydroxyl groups is 1. The molecule has 0 amide bonds. The van der Waals surface area contributed by atoms with Gasteiger partial charge in [-0.15, -0.1) is 0 Å². The summed E-state index contributed by atoms with van der Waals surface area (Å²) in [5, 5.41) is 10.2. The summed E-state index contributed by atoms with van der Waals surface area (Å²) in [6.07, 6.45) is 5.49. The molecule has 2 aliphatic carbocycles. The van der Waals surface area contributed by atoms with E-state index in [9.17, 15) is 24.3 Å². The predicted molar refractivity (Wildman–Crippen MR) is 150 cm³/mol. The first kappa shape index (κ1) is 29.7. The van der Waals surface area contributed by atoms with Crippen molar-refractivity contribution < 1.29 is 33.8 Å². The highest BCUT2D eigenvalue weighted by atomic mass is 16.6. The van der Waals surface area contributed by atoms with Crippen LogP contribution < -0.4 is 0 Å². The third-order valence-electron chi connectivity index (χ3n) is 8.33. The Labute approximate surface area is 236 Å². The van der Waals surface area contributed by atoms with Crippen LogP contribution in [0.5, 0.6) is 0 Å². The summed E-state index contributed by atoms with van der Waals surface area (Å²) in [6, 6.07) is 15.3. The highest BCUT2D eigenvalue weighted by Crippen LogP contribution is 2.27. The molecule has 2 fully saturated rings. The lowest BCUT2D eigenvalue weighted by atomic mass is 9.94. The van der Waals surface area contributed by atoms with E-state index in [0.29, 0.717) is 24.4 Å². The third kappa shape index (κ3) is 7.87. The molecule has 0 spiro atoms. The molecule has 2 aliphatic rings. The van der Waals surface area contributed by atoms with Crippen LogP contribution in [0.25, 0.3) is 0 Å². The number of carbonyl (C=O) groups excluding carboxylic acids is 4. The number of hydrogen-bond donors (Lipinski definition) is 1. The molecular weight excluding hydrogens is 508 g/mol. The van der Waals surface area contributed by atoms with E-state index in [1.54, 1.807) is 13.8 Å². The molecule has 4 unspecified atom stereocenters. The minimum Gasteiger partial charge on any atom is -0.462 e. The minimum atomic E-state index is -1.13. The van der Waals surface area contributed by atoms with E-state index >= 15 is 0 Å². The molecule has 0 heterocycles. The fraction of sp³-hybridized carbons (Fsp3) is 0.515. The molecule has 0 aliphatic heterocycles. The molecule has 0 radical (unpaired) electrons. The molecule has 0 aromatic heterocycles. The summed E-state index contributed by atoms with van der Waals surface area (Å²) in [5.74, 6) is -1.11. The highest BCUT2D eigenvalue weighted by molar-refractivity contribution is 5.83. The van der Waals surface area contributed by atoms with Gasteiger partial charge in [0.05, 0.1) is 11.8 Å². The number of carbonyl (C=O) groups is 4. The van der Waals surface area contributed by atoms with Crippen LogP contribution in [-0.4, -0.2) is 47.9 Å². The van der Waals surface area contributed by atoms with Gasteiger partial charge in [-0.2, -0.15) is 0 Å². The summed E-state index contributed by atoms with van der Waals surface area (Å²) in [6.45, 7) is 2.92. The average Bonchev–Trinajstić information content (AvgIpc) is 3.57. The Bertz CT molecular complexity index is 1090. The molecule has 4 atom stereocenters. The van der Waals surface area contributed by atoms with Crippen molar-refractivity contribution in [3.8, 4) is 0 Å². The summed E-state index contributed by atoms with van der Waals surface area (Å²) in [5.41, 5.74) is 3.74. The number of rotatable bonds is 12. The molecule has 40 heavy (non-hydrogen) atoms. The lowest BCUT2D eigenvalue weighted by Gasteiger charge is -2.17. The van der Waals surface area contributed by atoms with Crippen molar-refractivity contribution in [1.82, 2.24) is 0 Å². The van der Waals surface area contributed by atoms with Crippen molar-refractivity contribution in [2.45, 2.75) is 83.2 Å². The Balaban J connectivity index is 1.17. The fourth-order valence-corrected chi connectivity index (χ4v) is 5.59. The molecule has 7 heteroatoms. The summed E-state index contributed by atoms with van der Waals surface area (Å²) in [7, 11) is 0. The van der Waals surface area contributed by atoms with Crippen molar-refractivity contribution in [3.63, 3.8) is 0 Å². The molecular formula is C33H40O7. The van der Waals surface area contributed by atoms with E-state index in [0.717, 1.165) is 60.8 Å². The fourth-order valence-electron chi connectivity index (χ4n) is 5.59. The number of esters is 2. The number of ketones is 2. The van der Waals surface area contributed by atoms with Gasteiger partial charge in [0.15, 0.2) is 0 Å². The Morgan fingerprint density at radius 3 is 1.43 bits per heavy atom. The molecule has 214 valence electrons. The number of ether oxygens (including phenoxy) is 2. The van der Waals surface area contributed by atoms with Crippen LogP contribution in [0.3, 0.4) is 0 Å². The number of benzene rings is 2. The smallest absolute Gasteiger partial charge is 0.313 e. The van der Waals surface area contributed by atoms with Gasteiger partial charge in [0.25, 0.3) is 0 Å². The van der Waals surface area contributed by atoms with Gasteiger partial charge in [0, 0.05) is 24.7 Å². The van der Waals surface area contributed by atoms with Gasteiger partial charge >= 0.3 is 11.9 Å². The van der Waals surface area contributed by atoms with Crippen LogP contribution in [0.15, 0.2) is 48.5 Å². The second-order valence-electron chi connectivity index (χ2n) is 11.4. The number of Topliss-reactive ketones (excluding diaryl/α,β-unsaturated/α-hetero) is 2. The van der Waals surface area contributed by atoms with Crippen molar-refractivity contribution in [2.75, 3.05) is 13.2 Å². The van der Waals surface area contributed by atoms with Gasteiger partial charge in [0.1, 0.15) is 30.9 Å². The zero-order valence-corrected chi connectivity index (χ0v) is 23.5. The first-order chi connectivity index (χ1) is 19.2. The molecule has 2 saturated carbocycles. The van der Waals surface area contributed by atoms with Gasteiger partial charge in [-0.3, -0.25) is 19.2 Å². The van der Waals surface area contributed by atoms with Gasteiger partial charge in [0.2, 0.25) is 0 Å². The van der Waals surface area contributed by atoms with Gasteiger partial charge in [-0.25, -0.2) is 0 Å². The monoisotopic (exact) mass is 548 g/mol. The number of aliphatic hydroxyl groups excluding tert-OH is 1. The Kier molecular flexibility index (Phi) is 10.3. The highest BCUT2D eigenvalue weighted by Gasteiger charge is 2.26. The first-order valence-electron chi connectivity index (χ1n) is 14.5. The second kappa shape index (κ2) is 13.8. The zero-order chi connectivity index (χ0) is 28.6. The van der Waals surface area contributed by atoms with E-state index in [4.69, 9.17) is 9.47 Å². The van der Waals surface area contributed by atoms with Crippen LogP contribution >= 0.6 is 0 Å². The largest absolute Gasteiger partial charge is 0.462 e. The summed E-state index contributed by atoms with van der Waals surface area (Å²) in [4.78, 5) is 48.9. The van der Waals surface area contributed by atoms with Crippen molar-refractivity contribution in [1.29, 1.82) is 0 Å². The normalized spacial score (nSPS) is 21.2.